The Labute approximate surface area is 190 Å². The molecule has 3 fully saturated rings. The summed E-state index contributed by atoms with van der Waals surface area (Å²) in [5, 5.41) is 0. The summed E-state index contributed by atoms with van der Waals surface area (Å²) in [7, 11) is 0. The monoisotopic (exact) mass is 464 g/mol. The van der Waals surface area contributed by atoms with E-state index < -0.39 is 0 Å². The second-order valence-corrected chi connectivity index (χ2v) is 13.8. The Morgan fingerprint density at radius 1 is 1.03 bits per heavy atom. The molecule has 4 aliphatic carbocycles. The van der Waals surface area contributed by atoms with Gasteiger partial charge in [0, 0.05) is 0 Å². The molecule has 0 spiro atoms. The summed E-state index contributed by atoms with van der Waals surface area (Å²) in [6, 6.07) is 0. The van der Waals surface area contributed by atoms with E-state index >= 15 is 0 Å². The van der Waals surface area contributed by atoms with Crippen molar-refractivity contribution in [2.24, 2.45) is 46.3 Å². The topological polar surface area (TPSA) is 0 Å². The van der Waals surface area contributed by atoms with Crippen molar-refractivity contribution in [2.45, 2.75) is 116 Å². The zero-order valence-corrected chi connectivity index (χ0v) is 21.9. The zero-order valence-electron chi connectivity index (χ0n) is 20.1. The number of hydrogen-bond acceptors (Lipinski definition) is 0. The summed E-state index contributed by atoms with van der Waals surface area (Å²) >= 11 is 2.98. The minimum absolute atomic E-state index is 0.585. The van der Waals surface area contributed by atoms with Gasteiger partial charge in [0.2, 0.25) is 0 Å². The fourth-order valence-electron chi connectivity index (χ4n) is 9.13. The van der Waals surface area contributed by atoms with Crippen LogP contribution in [0.5, 0.6) is 0 Å². The van der Waals surface area contributed by atoms with Crippen molar-refractivity contribution < 1.29 is 0 Å². The number of fused-ring (bicyclic) bond motifs is 5. The standard InChI is InChI=1S/C28H48Se/c1-6-28-17-14-22(29)18-21(28)10-11-23-25-13-12-24(20(4)9-7-8-19(2)3)27(25,5)16-15-26(23)28/h10,19-20,22-26,29H,6-9,11-18H2,1-5H3/t20-,22?,23+,24-,25+,26+,27-,28+/m1/s1. The van der Waals surface area contributed by atoms with Crippen LogP contribution >= 0.6 is 0 Å². The molecule has 4 rings (SSSR count). The van der Waals surface area contributed by atoms with Gasteiger partial charge in [-0.3, -0.25) is 0 Å². The molecular weight excluding hydrogens is 415 g/mol. The average Bonchev–Trinajstić information content (AvgIpc) is 3.04. The summed E-state index contributed by atoms with van der Waals surface area (Å²) in [5.74, 6) is 5.80. The summed E-state index contributed by atoms with van der Waals surface area (Å²) in [6.45, 7) is 12.6. The van der Waals surface area contributed by atoms with Gasteiger partial charge in [-0.1, -0.05) is 20.3 Å². The Kier molecular flexibility index (Phi) is 6.70. The van der Waals surface area contributed by atoms with E-state index in [2.05, 4.69) is 56.7 Å². The van der Waals surface area contributed by atoms with Crippen LogP contribution in [0.1, 0.15) is 112 Å². The van der Waals surface area contributed by atoms with E-state index in [1.54, 1.807) is 0 Å². The molecule has 4 aliphatic rings. The van der Waals surface area contributed by atoms with E-state index in [0.29, 0.717) is 10.8 Å². The molecule has 1 unspecified atom stereocenters. The van der Waals surface area contributed by atoms with E-state index in [0.717, 1.165) is 40.3 Å². The Balaban J connectivity index is 1.51. The molecule has 0 aromatic heterocycles. The second-order valence-electron chi connectivity index (χ2n) is 12.3. The van der Waals surface area contributed by atoms with E-state index in [1.165, 1.54) is 77.0 Å². The molecule has 3 saturated carbocycles. The molecule has 0 bridgehead atoms. The van der Waals surface area contributed by atoms with Gasteiger partial charge < -0.3 is 0 Å². The van der Waals surface area contributed by atoms with Crippen LogP contribution in [0.4, 0.5) is 0 Å². The van der Waals surface area contributed by atoms with Crippen molar-refractivity contribution in [1.82, 2.24) is 0 Å². The average molecular weight is 464 g/mol. The third-order valence-electron chi connectivity index (χ3n) is 10.6. The van der Waals surface area contributed by atoms with Crippen molar-refractivity contribution in [3.63, 3.8) is 0 Å². The van der Waals surface area contributed by atoms with Gasteiger partial charge >= 0.3 is 164 Å². The first-order valence-corrected chi connectivity index (χ1v) is 14.3. The Bertz CT molecular complexity index is 605. The Morgan fingerprint density at radius 3 is 2.55 bits per heavy atom. The zero-order chi connectivity index (χ0) is 20.8. The minimum atomic E-state index is 0.585. The summed E-state index contributed by atoms with van der Waals surface area (Å²) in [5.41, 5.74) is 3.11. The fourth-order valence-corrected chi connectivity index (χ4v) is 9.81. The molecular formula is C28H48Se. The first-order chi connectivity index (χ1) is 13.8. The molecule has 0 heterocycles. The first kappa shape index (κ1) is 22.5. The van der Waals surface area contributed by atoms with Crippen molar-refractivity contribution >= 4 is 16.0 Å². The van der Waals surface area contributed by atoms with E-state index in [-0.39, 0.29) is 0 Å². The molecule has 0 aliphatic heterocycles. The third kappa shape index (κ3) is 3.84. The number of hydrogen-bond donors (Lipinski definition) is 0. The van der Waals surface area contributed by atoms with Crippen molar-refractivity contribution in [1.29, 1.82) is 0 Å². The van der Waals surface area contributed by atoms with Gasteiger partial charge in [0.1, 0.15) is 0 Å². The predicted octanol–water partition coefficient (Wildman–Crippen LogP) is 8.11. The fraction of sp³-hybridized carbons (Fsp3) is 0.929. The van der Waals surface area contributed by atoms with Gasteiger partial charge in [-0.15, -0.1) is 0 Å². The Hall–Kier alpha value is 0.259. The summed E-state index contributed by atoms with van der Waals surface area (Å²) < 4.78 is 0. The first-order valence-electron chi connectivity index (χ1n) is 13.2. The van der Waals surface area contributed by atoms with Crippen molar-refractivity contribution in [3.05, 3.63) is 11.6 Å². The van der Waals surface area contributed by atoms with E-state index in [4.69, 9.17) is 0 Å². The van der Waals surface area contributed by atoms with E-state index in [1.807, 2.05) is 5.57 Å². The molecule has 1 heteroatoms. The van der Waals surface area contributed by atoms with Gasteiger partial charge in [0.25, 0.3) is 0 Å². The van der Waals surface area contributed by atoms with Crippen molar-refractivity contribution in [2.75, 3.05) is 0 Å². The maximum absolute atomic E-state index is 2.98. The third-order valence-corrected chi connectivity index (χ3v) is 11.6. The molecule has 166 valence electrons. The predicted molar refractivity (Wildman–Crippen MR) is 129 cm³/mol. The van der Waals surface area contributed by atoms with E-state index in [9.17, 15) is 0 Å². The van der Waals surface area contributed by atoms with Crippen LogP contribution in [-0.2, 0) is 0 Å². The normalized spacial score (nSPS) is 45.3. The van der Waals surface area contributed by atoms with Gasteiger partial charge in [-0.2, -0.15) is 0 Å². The van der Waals surface area contributed by atoms with Crippen LogP contribution in [0, 0.1) is 46.3 Å². The molecule has 0 radical (unpaired) electrons. The van der Waals surface area contributed by atoms with Gasteiger partial charge in [0.05, 0.1) is 0 Å². The van der Waals surface area contributed by atoms with Gasteiger partial charge in [-0.25, -0.2) is 0 Å². The Morgan fingerprint density at radius 2 is 1.83 bits per heavy atom. The summed E-state index contributed by atoms with van der Waals surface area (Å²) in [4.78, 5) is 0.862. The van der Waals surface area contributed by atoms with Crippen LogP contribution in [-0.4, -0.2) is 16.0 Å². The maximum atomic E-state index is 2.98. The van der Waals surface area contributed by atoms with Crippen LogP contribution in [0.25, 0.3) is 0 Å². The second kappa shape index (κ2) is 8.65. The van der Waals surface area contributed by atoms with Crippen LogP contribution in [0.3, 0.4) is 0 Å². The van der Waals surface area contributed by atoms with Gasteiger partial charge in [0.15, 0.2) is 0 Å². The molecule has 0 nitrogen and oxygen atoms in total. The molecule has 8 atom stereocenters. The summed E-state index contributed by atoms with van der Waals surface area (Å²) in [6.07, 6.45) is 20.4. The van der Waals surface area contributed by atoms with Crippen LogP contribution < -0.4 is 0 Å². The molecule has 0 amide bonds. The van der Waals surface area contributed by atoms with Gasteiger partial charge in [-0.05, 0) is 5.92 Å². The number of rotatable bonds is 6. The molecule has 0 aromatic rings. The van der Waals surface area contributed by atoms with Crippen LogP contribution in [0.15, 0.2) is 11.6 Å². The quantitative estimate of drug-likeness (QED) is 0.276. The van der Waals surface area contributed by atoms with Crippen LogP contribution in [0.2, 0.25) is 4.82 Å². The number of allylic oxidation sites excluding steroid dienone is 2. The molecule has 29 heavy (non-hydrogen) atoms. The van der Waals surface area contributed by atoms with Crippen molar-refractivity contribution in [3.8, 4) is 0 Å². The molecule has 0 N–H and O–H groups in total. The molecule has 0 saturated heterocycles. The SMILES string of the molecule is CC[C@]12CCC([SeH])CC1=CC[C@@H]1[C@@H]2CC[C@]2(C)[C@@H]([C@H](C)CCCC(C)C)CC[C@@H]12. The molecule has 0 aromatic carbocycles.